The predicted octanol–water partition coefficient (Wildman–Crippen LogP) is 3.26. The first-order chi connectivity index (χ1) is 11.7. The molecule has 0 unspecified atom stereocenters. The molecule has 2 aromatic rings. The van der Waals surface area contributed by atoms with Crippen molar-refractivity contribution < 1.29 is 0 Å². The van der Waals surface area contributed by atoms with Crippen LogP contribution in [-0.2, 0) is 6.54 Å². The van der Waals surface area contributed by atoms with Crippen molar-refractivity contribution in [2.75, 3.05) is 23.3 Å². The molecule has 3 rings (SSSR count). The van der Waals surface area contributed by atoms with Gasteiger partial charge in [0.25, 0.3) is 0 Å². The fourth-order valence-corrected chi connectivity index (χ4v) is 2.98. The second-order valence-corrected chi connectivity index (χ2v) is 6.44. The molecule has 1 fully saturated rings. The Labute approximate surface area is 148 Å². The van der Waals surface area contributed by atoms with E-state index in [4.69, 9.17) is 12.2 Å². The molecule has 0 aliphatic carbocycles. The Hall–Kier alpha value is -2.21. The van der Waals surface area contributed by atoms with Crippen LogP contribution in [0.3, 0.4) is 0 Å². The van der Waals surface area contributed by atoms with Crippen molar-refractivity contribution in [1.82, 2.24) is 15.3 Å². The van der Waals surface area contributed by atoms with Gasteiger partial charge in [-0.05, 0) is 44.0 Å². The van der Waals surface area contributed by atoms with Crippen LogP contribution in [0, 0.1) is 6.92 Å². The van der Waals surface area contributed by atoms with Gasteiger partial charge in [0.05, 0.1) is 0 Å². The van der Waals surface area contributed by atoms with Gasteiger partial charge in [-0.15, -0.1) is 0 Å². The SMILES string of the molecule is Cc1cc(N2CCCCC2)nc(NC(=S)NCc2ccccc2)n1. The number of hydrogen-bond donors (Lipinski definition) is 2. The predicted molar refractivity (Wildman–Crippen MR) is 102 cm³/mol. The summed E-state index contributed by atoms with van der Waals surface area (Å²) in [6.07, 6.45) is 3.75. The summed E-state index contributed by atoms with van der Waals surface area (Å²) in [6, 6.07) is 12.2. The molecular formula is C18H23N5S. The minimum absolute atomic E-state index is 0.536. The highest BCUT2D eigenvalue weighted by atomic mass is 32.1. The topological polar surface area (TPSA) is 53.1 Å². The van der Waals surface area contributed by atoms with Gasteiger partial charge in [0, 0.05) is 31.4 Å². The number of aryl methyl sites for hydroxylation is 1. The number of thiocarbonyl (C=S) groups is 1. The summed E-state index contributed by atoms with van der Waals surface area (Å²) in [4.78, 5) is 11.4. The van der Waals surface area contributed by atoms with Crippen molar-refractivity contribution in [2.45, 2.75) is 32.7 Å². The van der Waals surface area contributed by atoms with Crippen LogP contribution in [0.25, 0.3) is 0 Å². The molecule has 1 saturated heterocycles. The first kappa shape index (κ1) is 16.6. The Morgan fingerprint density at radius 3 is 2.62 bits per heavy atom. The summed E-state index contributed by atoms with van der Waals surface area (Å²) < 4.78 is 0. The quantitative estimate of drug-likeness (QED) is 0.833. The zero-order chi connectivity index (χ0) is 16.8. The van der Waals surface area contributed by atoms with Crippen molar-refractivity contribution in [2.24, 2.45) is 0 Å². The van der Waals surface area contributed by atoms with Crippen LogP contribution in [0.5, 0.6) is 0 Å². The highest BCUT2D eigenvalue weighted by molar-refractivity contribution is 7.80. The zero-order valence-corrected chi connectivity index (χ0v) is 14.8. The molecule has 0 spiro atoms. The lowest BCUT2D eigenvalue weighted by Gasteiger charge is -2.28. The average Bonchev–Trinajstić information content (AvgIpc) is 2.61. The van der Waals surface area contributed by atoms with Crippen LogP contribution in [0.1, 0.15) is 30.5 Å². The third-order valence-electron chi connectivity index (χ3n) is 4.04. The monoisotopic (exact) mass is 341 g/mol. The highest BCUT2D eigenvalue weighted by Gasteiger charge is 2.14. The Balaban J connectivity index is 1.61. The Kier molecular flexibility index (Phi) is 5.59. The van der Waals surface area contributed by atoms with E-state index in [0.717, 1.165) is 24.6 Å². The van der Waals surface area contributed by atoms with E-state index < -0.39 is 0 Å². The molecule has 1 aliphatic heterocycles. The third kappa shape index (κ3) is 4.64. The van der Waals surface area contributed by atoms with Gasteiger partial charge in [-0.25, -0.2) is 4.98 Å². The molecule has 0 bridgehead atoms. The van der Waals surface area contributed by atoms with Crippen LogP contribution < -0.4 is 15.5 Å². The lowest BCUT2D eigenvalue weighted by molar-refractivity contribution is 0.573. The smallest absolute Gasteiger partial charge is 0.231 e. The highest BCUT2D eigenvalue weighted by Crippen LogP contribution is 2.19. The molecule has 0 radical (unpaired) electrons. The van der Waals surface area contributed by atoms with Gasteiger partial charge >= 0.3 is 0 Å². The molecule has 126 valence electrons. The standard InChI is InChI=1S/C18H23N5S/c1-14-12-16(23-10-6-3-7-11-23)21-17(20-14)22-18(24)19-13-15-8-4-2-5-9-15/h2,4-5,8-9,12H,3,6-7,10-11,13H2,1H3,(H2,19,20,21,22,24). The molecule has 0 saturated carbocycles. The molecule has 0 atom stereocenters. The van der Waals surface area contributed by atoms with Gasteiger partial charge in [0.15, 0.2) is 5.11 Å². The van der Waals surface area contributed by atoms with E-state index in [2.05, 4.69) is 37.6 Å². The average molecular weight is 341 g/mol. The first-order valence-electron chi connectivity index (χ1n) is 8.40. The molecule has 1 aliphatic rings. The van der Waals surface area contributed by atoms with E-state index in [1.54, 1.807) is 0 Å². The number of piperidine rings is 1. The van der Waals surface area contributed by atoms with Crippen LogP contribution in [0.2, 0.25) is 0 Å². The van der Waals surface area contributed by atoms with E-state index in [1.807, 2.05) is 31.2 Å². The van der Waals surface area contributed by atoms with Crippen molar-refractivity contribution >= 4 is 29.1 Å². The number of benzene rings is 1. The van der Waals surface area contributed by atoms with E-state index in [-0.39, 0.29) is 0 Å². The summed E-state index contributed by atoms with van der Waals surface area (Å²) in [7, 11) is 0. The van der Waals surface area contributed by atoms with Crippen LogP contribution in [0.4, 0.5) is 11.8 Å². The number of rotatable bonds is 4. The summed E-state index contributed by atoms with van der Waals surface area (Å²) in [5.41, 5.74) is 2.12. The van der Waals surface area contributed by atoms with Crippen molar-refractivity contribution in [3.8, 4) is 0 Å². The molecule has 1 aromatic heterocycles. The first-order valence-corrected chi connectivity index (χ1v) is 8.81. The second kappa shape index (κ2) is 8.06. The van der Waals surface area contributed by atoms with E-state index in [0.29, 0.717) is 17.6 Å². The van der Waals surface area contributed by atoms with Crippen molar-refractivity contribution in [1.29, 1.82) is 0 Å². The third-order valence-corrected chi connectivity index (χ3v) is 4.29. The van der Waals surface area contributed by atoms with E-state index in [9.17, 15) is 0 Å². The lowest BCUT2D eigenvalue weighted by Crippen LogP contribution is -2.32. The Morgan fingerprint density at radius 1 is 1.12 bits per heavy atom. The van der Waals surface area contributed by atoms with Gasteiger partial charge < -0.3 is 15.5 Å². The normalized spacial score (nSPS) is 14.3. The molecule has 2 N–H and O–H groups in total. The summed E-state index contributed by atoms with van der Waals surface area (Å²) in [5, 5.41) is 6.83. The molecule has 0 amide bonds. The molecule has 5 nitrogen and oxygen atoms in total. The zero-order valence-electron chi connectivity index (χ0n) is 14.0. The largest absolute Gasteiger partial charge is 0.358 e. The summed E-state index contributed by atoms with van der Waals surface area (Å²) in [6.45, 7) is 4.79. The summed E-state index contributed by atoms with van der Waals surface area (Å²) >= 11 is 5.36. The Bertz CT molecular complexity index is 683. The van der Waals surface area contributed by atoms with Gasteiger partial charge in [0.1, 0.15) is 5.82 Å². The van der Waals surface area contributed by atoms with Crippen LogP contribution >= 0.6 is 12.2 Å². The number of nitrogens with one attached hydrogen (secondary N) is 2. The molecular weight excluding hydrogens is 318 g/mol. The van der Waals surface area contributed by atoms with Crippen molar-refractivity contribution in [3.05, 3.63) is 47.7 Å². The summed E-state index contributed by atoms with van der Waals surface area (Å²) in [5.74, 6) is 1.54. The van der Waals surface area contributed by atoms with Gasteiger partial charge in [-0.2, -0.15) is 4.98 Å². The molecule has 2 heterocycles. The molecule has 1 aromatic carbocycles. The van der Waals surface area contributed by atoms with E-state index >= 15 is 0 Å². The number of hydrogen-bond acceptors (Lipinski definition) is 4. The van der Waals surface area contributed by atoms with Crippen LogP contribution in [0.15, 0.2) is 36.4 Å². The molecule has 24 heavy (non-hydrogen) atoms. The minimum Gasteiger partial charge on any atom is -0.358 e. The number of aromatic nitrogens is 2. The lowest BCUT2D eigenvalue weighted by atomic mass is 10.1. The number of anilines is 2. The van der Waals surface area contributed by atoms with Gasteiger partial charge in [0.2, 0.25) is 5.95 Å². The molecule has 6 heteroatoms. The maximum absolute atomic E-state index is 5.36. The van der Waals surface area contributed by atoms with Crippen molar-refractivity contribution in [3.63, 3.8) is 0 Å². The second-order valence-electron chi connectivity index (χ2n) is 6.03. The Morgan fingerprint density at radius 2 is 1.88 bits per heavy atom. The van der Waals surface area contributed by atoms with Gasteiger partial charge in [-0.1, -0.05) is 30.3 Å². The number of nitrogens with zero attached hydrogens (tertiary/aromatic N) is 3. The minimum atomic E-state index is 0.536. The van der Waals surface area contributed by atoms with E-state index in [1.165, 1.54) is 24.8 Å². The maximum Gasteiger partial charge on any atom is 0.231 e. The van der Waals surface area contributed by atoms with Gasteiger partial charge in [-0.3, -0.25) is 0 Å². The fraction of sp³-hybridized carbons (Fsp3) is 0.389. The van der Waals surface area contributed by atoms with Crippen LogP contribution in [-0.4, -0.2) is 28.2 Å². The maximum atomic E-state index is 5.36. The fourth-order valence-electron chi connectivity index (χ4n) is 2.82.